The Morgan fingerprint density at radius 2 is 1.79 bits per heavy atom. The molecule has 1 aromatic heterocycles. The Morgan fingerprint density at radius 3 is 2.62 bits per heavy atom. The van der Waals surface area contributed by atoms with Gasteiger partial charge in [-0.2, -0.15) is 0 Å². The minimum absolute atomic E-state index is 0.0772. The molecule has 3 aromatic rings. The van der Waals surface area contributed by atoms with Gasteiger partial charge in [-0.1, -0.05) is 12.1 Å². The van der Waals surface area contributed by atoms with Crippen molar-refractivity contribution < 1.29 is 19.1 Å². The number of benzene rings is 2. The van der Waals surface area contributed by atoms with Crippen LogP contribution in [0.4, 0.5) is 0 Å². The Kier molecular flexibility index (Phi) is 6.29. The van der Waals surface area contributed by atoms with Crippen molar-refractivity contribution in [2.75, 3.05) is 26.3 Å². The van der Waals surface area contributed by atoms with Gasteiger partial charge >= 0.3 is 0 Å². The molecule has 0 spiro atoms. The Bertz CT molecular complexity index is 1280. The van der Waals surface area contributed by atoms with Crippen molar-refractivity contribution in [3.63, 3.8) is 0 Å². The fraction of sp³-hybridized carbons (Fsp3) is 0.385. The zero-order chi connectivity index (χ0) is 23.5. The molecule has 0 saturated carbocycles. The van der Waals surface area contributed by atoms with E-state index in [9.17, 15) is 14.4 Å². The number of nitrogens with one attached hydrogen (secondary N) is 1. The highest BCUT2D eigenvalue weighted by atomic mass is 16.6. The molecule has 0 unspecified atom stereocenters. The maximum absolute atomic E-state index is 13.0. The van der Waals surface area contributed by atoms with E-state index in [1.165, 1.54) is 0 Å². The van der Waals surface area contributed by atoms with Crippen molar-refractivity contribution in [3.05, 3.63) is 64.2 Å². The summed E-state index contributed by atoms with van der Waals surface area (Å²) in [7, 11) is 0. The van der Waals surface area contributed by atoms with Crippen LogP contribution in [0, 0.1) is 5.92 Å². The number of aryl methyl sites for hydroxylation is 1. The third-order valence-corrected chi connectivity index (χ3v) is 6.51. The second-order valence-electron chi connectivity index (χ2n) is 8.76. The number of piperidine rings is 1. The van der Waals surface area contributed by atoms with E-state index in [0.29, 0.717) is 92.2 Å². The molecule has 176 valence electrons. The maximum Gasteiger partial charge on any atom is 0.258 e. The predicted octanol–water partition coefficient (Wildman–Crippen LogP) is 3.14. The highest BCUT2D eigenvalue weighted by molar-refractivity contribution is 5.98. The number of carbonyl (C=O) groups is 2. The highest BCUT2D eigenvalue weighted by Gasteiger charge is 2.28. The monoisotopic (exact) mass is 461 g/mol. The van der Waals surface area contributed by atoms with E-state index in [2.05, 4.69) is 9.97 Å². The summed E-state index contributed by atoms with van der Waals surface area (Å²) >= 11 is 0. The first-order chi connectivity index (χ1) is 16.6. The summed E-state index contributed by atoms with van der Waals surface area (Å²) in [6.07, 6.45) is 2.83. The van der Waals surface area contributed by atoms with E-state index >= 15 is 0 Å². The van der Waals surface area contributed by atoms with Crippen LogP contribution in [0.25, 0.3) is 10.9 Å². The molecule has 2 aromatic carbocycles. The number of fused-ring (bicyclic) bond motifs is 2. The minimum Gasteiger partial charge on any atom is -0.486 e. The molecule has 34 heavy (non-hydrogen) atoms. The Hall–Kier alpha value is -3.68. The van der Waals surface area contributed by atoms with Crippen molar-refractivity contribution in [3.8, 4) is 11.5 Å². The van der Waals surface area contributed by atoms with Gasteiger partial charge in [-0.05, 0) is 49.6 Å². The molecular weight excluding hydrogens is 434 g/mol. The average Bonchev–Trinajstić information content (AvgIpc) is 2.88. The van der Waals surface area contributed by atoms with Crippen LogP contribution in [-0.2, 0) is 11.2 Å². The van der Waals surface area contributed by atoms with E-state index in [4.69, 9.17) is 9.47 Å². The van der Waals surface area contributed by atoms with Crippen molar-refractivity contribution >= 4 is 22.6 Å². The number of nitrogens with zero attached hydrogens (tertiary/aromatic N) is 2. The molecule has 8 nitrogen and oxygen atoms in total. The van der Waals surface area contributed by atoms with Gasteiger partial charge in [-0.3, -0.25) is 14.4 Å². The normalized spacial score (nSPS) is 15.9. The Balaban J connectivity index is 1.11. The van der Waals surface area contributed by atoms with E-state index in [1.54, 1.807) is 24.3 Å². The molecule has 1 N–H and O–H groups in total. The fourth-order valence-electron chi connectivity index (χ4n) is 4.64. The molecule has 3 heterocycles. The lowest BCUT2D eigenvalue weighted by Crippen LogP contribution is -2.40. The van der Waals surface area contributed by atoms with Crippen molar-refractivity contribution in [2.24, 2.45) is 5.92 Å². The summed E-state index contributed by atoms with van der Waals surface area (Å²) < 4.78 is 11.1. The number of carbonyl (C=O) groups excluding carboxylic acids is 2. The SMILES string of the molecule is O=C(c1ccc2c(c1)OCCO2)C1CCN(C(=O)CCCc2nc3ccccc3c(=O)[nH]2)CC1. The lowest BCUT2D eigenvalue weighted by atomic mass is 9.88. The van der Waals surface area contributed by atoms with E-state index < -0.39 is 0 Å². The van der Waals surface area contributed by atoms with Crippen molar-refractivity contribution in [1.82, 2.24) is 14.9 Å². The summed E-state index contributed by atoms with van der Waals surface area (Å²) in [6.45, 7) is 2.15. The van der Waals surface area contributed by atoms with Crippen LogP contribution < -0.4 is 15.0 Å². The van der Waals surface area contributed by atoms with Gasteiger partial charge in [0.25, 0.3) is 5.56 Å². The molecule has 2 aliphatic heterocycles. The number of H-pyrrole nitrogens is 1. The molecule has 1 saturated heterocycles. The van der Waals surface area contributed by atoms with Crippen molar-refractivity contribution in [2.45, 2.75) is 32.1 Å². The Labute approximate surface area is 196 Å². The molecule has 0 bridgehead atoms. The van der Waals surface area contributed by atoms with Gasteiger partial charge in [0.05, 0.1) is 10.9 Å². The van der Waals surface area contributed by atoms with Crippen LogP contribution >= 0.6 is 0 Å². The number of aromatic nitrogens is 2. The molecule has 2 aliphatic rings. The molecule has 5 rings (SSSR count). The third-order valence-electron chi connectivity index (χ3n) is 6.51. The molecule has 0 radical (unpaired) electrons. The van der Waals surface area contributed by atoms with Gasteiger partial charge in [0.2, 0.25) is 5.91 Å². The molecular formula is C26H27N3O5. The number of para-hydroxylation sites is 1. The van der Waals surface area contributed by atoms with Crippen LogP contribution in [0.2, 0.25) is 0 Å². The van der Waals surface area contributed by atoms with Crippen LogP contribution in [0.15, 0.2) is 47.3 Å². The average molecular weight is 462 g/mol. The highest BCUT2D eigenvalue weighted by Crippen LogP contribution is 2.32. The molecule has 1 fully saturated rings. The third kappa shape index (κ3) is 4.66. The molecule has 0 atom stereocenters. The molecule has 1 amide bonds. The number of hydrogen-bond acceptors (Lipinski definition) is 6. The lowest BCUT2D eigenvalue weighted by molar-refractivity contribution is -0.132. The number of ether oxygens (including phenoxy) is 2. The second-order valence-corrected chi connectivity index (χ2v) is 8.76. The number of rotatable bonds is 6. The second kappa shape index (κ2) is 9.67. The molecule has 8 heteroatoms. The van der Waals surface area contributed by atoms with E-state index in [-0.39, 0.29) is 23.2 Å². The number of amides is 1. The minimum atomic E-state index is -0.156. The fourth-order valence-corrected chi connectivity index (χ4v) is 4.64. The largest absolute Gasteiger partial charge is 0.486 e. The number of aromatic amines is 1. The van der Waals surface area contributed by atoms with Gasteiger partial charge < -0.3 is 19.4 Å². The van der Waals surface area contributed by atoms with Gasteiger partial charge in [0.15, 0.2) is 17.3 Å². The summed E-state index contributed by atoms with van der Waals surface area (Å²) in [6, 6.07) is 12.6. The van der Waals surface area contributed by atoms with E-state index in [1.807, 2.05) is 23.1 Å². The first-order valence-electron chi connectivity index (χ1n) is 11.8. The van der Waals surface area contributed by atoms with Crippen molar-refractivity contribution in [1.29, 1.82) is 0 Å². The van der Waals surface area contributed by atoms with Crippen LogP contribution in [0.3, 0.4) is 0 Å². The van der Waals surface area contributed by atoms with Gasteiger partial charge in [0, 0.05) is 37.4 Å². The smallest absolute Gasteiger partial charge is 0.258 e. The Morgan fingerprint density at radius 1 is 1.03 bits per heavy atom. The first-order valence-corrected chi connectivity index (χ1v) is 11.8. The van der Waals surface area contributed by atoms with E-state index in [0.717, 1.165) is 0 Å². The van der Waals surface area contributed by atoms with Crippen LogP contribution in [-0.4, -0.2) is 52.9 Å². The first kappa shape index (κ1) is 22.1. The van der Waals surface area contributed by atoms with Gasteiger partial charge in [0.1, 0.15) is 19.0 Å². The number of Topliss-reactive ketones (excluding diaryl/α,β-unsaturated/α-hetero) is 1. The summed E-state index contributed by atoms with van der Waals surface area (Å²) in [5.41, 5.74) is 1.14. The molecule has 0 aliphatic carbocycles. The zero-order valence-electron chi connectivity index (χ0n) is 18.9. The zero-order valence-corrected chi connectivity index (χ0v) is 18.9. The number of ketones is 1. The predicted molar refractivity (Wildman–Crippen MR) is 126 cm³/mol. The van der Waals surface area contributed by atoms with Crippen LogP contribution in [0.1, 0.15) is 41.9 Å². The van der Waals surface area contributed by atoms with Crippen LogP contribution in [0.5, 0.6) is 11.5 Å². The summed E-state index contributed by atoms with van der Waals surface area (Å²) in [5.74, 6) is 1.96. The van der Waals surface area contributed by atoms with Gasteiger partial charge in [-0.25, -0.2) is 4.98 Å². The number of likely N-dealkylation sites (tertiary alicyclic amines) is 1. The quantitative estimate of drug-likeness (QED) is 0.566. The maximum atomic E-state index is 13.0. The summed E-state index contributed by atoms with van der Waals surface area (Å²) in [5, 5.41) is 0.566. The number of hydrogen-bond donors (Lipinski definition) is 1. The topological polar surface area (TPSA) is 102 Å². The summed E-state index contributed by atoms with van der Waals surface area (Å²) in [4.78, 5) is 47.0. The standard InChI is InChI=1S/C26H27N3O5/c30-24(7-3-6-23-27-20-5-2-1-4-19(20)26(32)28-23)29-12-10-17(11-13-29)25(31)18-8-9-21-22(16-18)34-15-14-33-21/h1-2,4-5,8-9,16-17H,3,6-7,10-15H2,(H,27,28,32). The van der Waals surface area contributed by atoms with Gasteiger partial charge in [-0.15, -0.1) is 0 Å². The lowest BCUT2D eigenvalue weighted by Gasteiger charge is -2.31.